The highest BCUT2D eigenvalue weighted by Gasteiger charge is 2.27. The molecule has 1 heterocycles. The predicted molar refractivity (Wildman–Crippen MR) is 74.4 cm³/mol. The molecule has 0 fully saturated rings. The van der Waals surface area contributed by atoms with Crippen molar-refractivity contribution in [2.75, 3.05) is 0 Å². The molecule has 0 atom stereocenters. The molecule has 0 radical (unpaired) electrons. The van der Waals surface area contributed by atoms with Crippen LogP contribution < -0.4 is 5.46 Å². The molecule has 0 amide bonds. The number of fused-ring (bicyclic) bond motifs is 1. The first-order valence-electron chi connectivity index (χ1n) is 5.58. The minimum absolute atomic E-state index is 0.485. The van der Waals surface area contributed by atoms with Crippen LogP contribution in [0.1, 0.15) is 5.56 Å². The Bertz CT molecular complexity index is 591. The van der Waals surface area contributed by atoms with Crippen LogP contribution in [0, 0.1) is 0 Å². The van der Waals surface area contributed by atoms with E-state index in [1.165, 1.54) is 0 Å². The van der Waals surface area contributed by atoms with Gasteiger partial charge in [-0.2, -0.15) is 0 Å². The summed E-state index contributed by atoms with van der Waals surface area (Å²) in [7, 11) is -0.792. The quantitative estimate of drug-likeness (QED) is 0.855. The Kier molecular flexibility index (Phi) is 3.35. The molecule has 0 saturated carbocycles. The molecule has 0 aromatic heterocycles. The van der Waals surface area contributed by atoms with Gasteiger partial charge in [-0.3, -0.25) is 0 Å². The third-order valence-corrected chi connectivity index (χ3v) is 4.03. The van der Waals surface area contributed by atoms with Gasteiger partial charge in [0, 0.05) is 14.8 Å². The van der Waals surface area contributed by atoms with Gasteiger partial charge in [0.2, 0.25) is 0 Å². The average molecular weight is 277 g/mol. The van der Waals surface area contributed by atoms with Crippen molar-refractivity contribution in [2.45, 2.75) is 16.4 Å². The van der Waals surface area contributed by atoms with Crippen LogP contribution in [0.4, 0.5) is 0 Å². The SMILES string of the molecule is OB1OCc2ccc(Sc3cccc(Cl)c3)cc21. The number of rotatable bonds is 2. The van der Waals surface area contributed by atoms with E-state index in [-0.39, 0.29) is 0 Å². The first-order valence-corrected chi connectivity index (χ1v) is 6.78. The number of hydrogen-bond acceptors (Lipinski definition) is 3. The zero-order chi connectivity index (χ0) is 12.5. The van der Waals surface area contributed by atoms with Crippen molar-refractivity contribution in [1.29, 1.82) is 0 Å². The van der Waals surface area contributed by atoms with Crippen LogP contribution in [0.3, 0.4) is 0 Å². The van der Waals surface area contributed by atoms with Crippen molar-refractivity contribution in [3.05, 3.63) is 53.1 Å². The maximum absolute atomic E-state index is 9.66. The minimum atomic E-state index is -0.792. The van der Waals surface area contributed by atoms with E-state index in [2.05, 4.69) is 0 Å². The van der Waals surface area contributed by atoms with E-state index in [9.17, 15) is 5.02 Å². The summed E-state index contributed by atoms with van der Waals surface area (Å²) < 4.78 is 5.17. The van der Waals surface area contributed by atoms with Gasteiger partial charge in [-0.15, -0.1) is 0 Å². The molecular weight excluding hydrogens is 266 g/mol. The summed E-state index contributed by atoms with van der Waals surface area (Å²) in [6.07, 6.45) is 0. The van der Waals surface area contributed by atoms with Crippen molar-refractivity contribution in [3.63, 3.8) is 0 Å². The molecule has 0 saturated heterocycles. The third kappa shape index (κ3) is 2.42. The number of benzene rings is 2. The van der Waals surface area contributed by atoms with Gasteiger partial charge in [0.1, 0.15) is 0 Å². The van der Waals surface area contributed by atoms with E-state index in [1.807, 2.05) is 42.5 Å². The van der Waals surface area contributed by atoms with Gasteiger partial charge < -0.3 is 9.68 Å². The summed E-state index contributed by atoms with van der Waals surface area (Å²) in [5.41, 5.74) is 1.92. The predicted octanol–water partition coefficient (Wildman–Crippen LogP) is 2.71. The largest absolute Gasteiger partial charge is 0.491 e. The van der Waals surface area contributed by atoms with Crippen LogP contribution in [0.25, 0.3) is 0 Å². The first kappa shape index (κ1) is 12.1. The third-order valence-electron chi connectivity index (χ3n) is 2.81. The van der Waals surface area contributed by atoms with E-state index in [0.717, 1.165) is 25.8 Å². The number of hydrogen-bond donors (Lipinski definition) is 1. The lowest BCUT2D eigenvalue weighted by Crippen LogP contribution is -2.27. The zero-order valence-electron chi connectivity index (χ0n) is 9.47. The van der Waals surface area contributed by atoms with E-state index in [4.69, 9.17) is 16.3 Å². The smallest absolute Gasteiger partial charge is 0.423 e. The summed E-state index contributed by atoms with van der Waals surface area (Å²) in [6, 6.07) is 13.7. The van der Waals surface area contributed by atoms with Crippen molar-refractivity contribution in [1.82, 2.24) is 0 Å². The second-order valence-corrected chi connectivity index (χ2v) is 5.67. The van der Waals surface area contributed by atoms with E-state index < -0.39 is 7.12 Å². The summed E-state index contributed by atoms with van der Waals surface area (Å²) in [5.74, 6) is 0. The van der Waals surface area contributed by atoms with Gasteiger partial charge in [-0.05, 0) is 41.4 Å². The molecule has 5 heteroatoms. The molecule has 2 nitrogen and oxygen atoms in total. The second kappa shape index (κ2) is 4.98. The monoisotopic (exact) mass is 276 g/mol. The zero-order valence-corrected chi connectivity index (χ0v) is 11.0. The molecule has 1 aliphatic rings. The van der Waals surface area contributed by atoms with Gasteiger partial charge in [0.15, 0.2) is 0 Å². The average Bonchev–Trinajstić information content (AvgIpc) is 2.71. The van der Waals surface area contributed by atoms with Gasteiger partial charge in [-0.25, -0.2) is 0 Å². The standard InChI is InChI=1S/C13H10BClO2S/c15-10-2-1-3-11(6-10)18-12-5-4-9-8-17-14(16)13(9)7-12/h1-7,16H,8H2. The molecule has 1 aliphatic heterocycles. The molecule has 0 spiro atoms. The van der Waals surface area contributed by atoms with Crippen molar-refractivity contribution in [2.24, 2.45) is 0 Å². The van der Waals surface area contributed by atoms with Crippen molar-refractivity contribution < 1.29 is 9.68 Å². The molecule has 3 rings (SSSR count). The molecule has 18 heavy (non-hydrogen) atoms. The highest BCUT2D eigenvalue weighted by Crippen LogP contribution is 2.29. The fraction of sp³-hybridized carbons (Fsp3) is 0.0769. The van der Waals surface area contributed by atoms with Crippen LogP contribution in [-0.2, 0) is 11.3 Å². The Balaban J connectivity index is 1.88. The summed E-state index contributed by atoms with van der Waals surface area (Å²) in [6.45, 7) is 0.485. The van der Waals surface area contributed by atoms with Crippen molar-refractivity contribution >= 4 is 35.9 Å². The Morgan fingerprint density at radius 3 is 2.83 bits per heavy atom. The molecule has 0 aliphatic carbocycles. The lowest BCUT2D eigenvalue weighted by molar-refractivity contribution is 0.275. The Hall–Kier alpha value is -0.935. The Morgan fingerprint density at radius 1 is 1.17 bits per heavy atom. The van der Waals surface area contributed by atoms with E-state index in [0.29, 0.717) is 6.61 Å². The fourth-order valence-corrected chi connectivity index (χ4v) is 3.10. The second-order valence-electron chi connectivity index (χ2n) is 4.08. The topological polar surface area (TPSA) is 29.5 Å². The summed E-state index contributed by atoms with van der Waals surface area (Å²) in [4.78, 5) is 2.15. The summed E-state index contributed by atoms with van der Waals surface area (Å²) in [5, 5.41) is 10.4. The van der Waals surface area contributed by atoms with Crippen molar-refractivity contribution in [3.8, 4) is 0 Å². The van der Waals surface area contributed by atoms with Gasteiger partial charge in [-0.1, -0.05) is 35.5 Å². The number of halogens is 1. The highest BCUT2D eigenvalue weighted by atomic mass is 35.5. The normalized spacial score (nSPS) is 13.8. The molecule has 2 aromatic rings. The highest BCUT2D eigenvalue weighted by molar-refractivity contribution is 7.99. The first-order chi connectivity index (χ1) is 8.72. The molecule has 0 unspecified atom stereocenters. The van der Waals surface area contributed by atoms with E-state index in [1.54, 1.807) is 11.8 Å². The fourth-order valence-electron chi connectivity index (χ4n) is 1.92. The van der Waals surface area contributed by atoms with Crippen LogP contribution in [0.15, 0.2) is 52.3 Å². The molecule has 2 aromatic carbocycles. The van der Waals surface area contributed by atoms with E-state index >= 15 is 0 Å². The molecule has 1 N–H and O–H groups in total. The lowest BCUT2D eigenvalue weighted by Gasteiger charge is -2.05. The minimum Gasteiger partial charge on any atom is -0.423 e. The van der Waals surface area contributed by atoms with Crippen LogP contribution in [0.2, 0.25) is 5.02 Å². The van der Waals surface area contributed by atoms with Gasteiger partial charge >= 0.3 is 7.12 Å². The molecular formula is C13H10BClO2S. The van der Waals surface area contributed by atoms with Gasteiger partial charge in [0.25, 0.3) is 0 Å². The lowest BCUT2D eigenvalue weighted by atomic mass is 9.80. The van der Waals surface area contributed by atoms with Crippen LogP contribution in [-0.4, -0.2) is 12.1 Å². The summed E-state index contributed by atoms with van der Waals surface area (Å²) >= 11 is 7.57. The Labute approximate surface area is 115 Å². The van der Waals surface area contributed by atoms with Gasteiger partial charge in [0.05, 0.1) is 6.61 Å². The Morgan fingerprint density at radius 2 is 2.00 bits per heavy atom. The molecule has 90 valence electrons. The van der Waals surface area contributed by atoms with Crippen LogP contribution >= 0.6 is 23.4 Å². The maximum atomic E-state index is 9.66. The maximum Gasteiger partial charge on any atom is 0.491 e. The van der Waals surface area contributed by atoms with Crippen LogP contribution in [0.5, 0.6) is 0 Å². The molecule has 0 bridgehead atoms.